The summed E-state index contributed by atoms with van der Waals surface area (Å²) in [5.41, 5.74) is 11.8. The van der Waals surface area contributed by atoms with E-state index in [9.17, 15) is 0 Å². The van der Waals surface area contributed by atoms with Crippen LogP contribution in [0.15, 0.2) is 121 Å². The van der Waals surface area contributed by atoms with Crippen molar-refractivity contribution in [2.45, 2.75) is 55.4 Å². The van der Waals surface area contributed by atoms with Gasteiger partial charge in [-0.15, -0.1) is 0 Å². The van der Waals surface area contributed by atoms with Crippen LogP contribution in [0.5, 0.6) is 0 Å². The molecule has 0 fully saturated rings. The Morgan fingerprint density at radius 2 is 0.600 bits per heavy atom. The number of allylic oxidation sites excluding steroid dienone is 4. The molecule has 1 aliphatic rings. The van der Waals surface area contributed by atoms with Gasteiger partial charge in [0.05, 0.1) is 21.6 Å². The smallest absolute Gasteiger partial charge is 0.212 e. The lowest BCUT2D eigenvalue weighted by Crippen LogP contribution is -2.43. The topological polar surface area (TPSA) is 157 Å². The van der Waals surface area contributed by atoms with Crippen LogP contribution in [0.2, 0.25) is 0 Å². The molecule has 0 saturated heterocycles. The minimum absolute atomic E-state index is 0.987. The van der Waals surface area contributed by atoms with Crippen LogP contribution in [0.3, 0.4) is 0 Å². The van der Waals surface area contributed by atoms with E-state index in [-0.39, 0.29) is 0 Å². The van der Waals surface area contributed by atoms with Crippen molar-refractivity contribution in [2.75, 3.05) is 72.0 Å². The van der Waals surface area contributed by atoms with Crippen molar-refractivity contribution in [3.05, 3.63) is 121 Å². The first kappa shape index (κ1) is 49.6. The second kappa shape index (κ2) is 25.8. The van der Waals surface area contributed by atoms with Crippen LogP contribution in [0, 0.1) is 21.6 Å². The molecule has 0 aromatic heterocycles. The number of halogens is 2. The van der Waals surface area contributed by atoms with Crippen LogP contribution >= 0.6 is 0 Å². The Morgan fingerprint density at radius 3 is 0.867 bits per heavy atom. The van der Waals surface area contributed by atoms with Gasteiger partial charge in [0.2, 0.25) is 17.1 Å². The first-order chi connectivity index (χ1) is 28.9. The minimum atomic E-state index is -2.85. The lowest BCUT2D eigenvalue weighted by molar-refractivity contribution is -1.73. The van der Waals surface area contributed by atoms with Crippen LogP contribution < -0.4 is 52.1 Å². The third kappa shape index (κ3) is 14.2. The van der Waals surface area contributed by atoms with Gasteiger partial charge in [0.1, 0.15) is 13.1 Å². The fourth-order valence-corrected chi connectivity index (χ4v) is 7.25. The van der Waals surface area contributed by atoms with Crippen molar-refractivity contribution in [2.24, 2.45) is 0 Å². The van der Waals surface area contributed by atoms with Crippen LogP contribution in [0.1, 0.15) is 55.4 Å². The Hall–Kier alpha value is -4.76. The van der Waals surface area contributed by atoms with Gasteiger partial charge in [0, 0.05) is 122 Å². The zero-order valence-electron chi connectivity index (χ0n) is 36.1. The molecule has 4 aromatic rings. The molecule has 0 atom stereocenters. The third-order valence-corrected chi connectivity index (χ3v) is 10.3. The number of benzene rings is 4. The van der Waals surface area contributed by atoms with Crippen molar-refractivity contribution < 1.29 is 54.1 Å². The van der Waals surface area contributed by atoms with Crippen LogP contribution in [0.4, 0.5) is 45.5 Å². The maximum Gasteiger partial charge on any atom is 0.212 e. The molecule has 0 N–H and O–H groups in total. The maximum absolute atomic E-state index is 8.41. The van der Waals surface area contributed by atoms with E-state index in [1.165, 1.54) is 22.8 Å². The highest BCUT2D eigenvalue weighted by Crippen LogP contribution is 2.38. The fourth-order valence-electron chi connectivity index (χ4n) is 7.25. The van der Waals surface area contributed by atoms with E-state index in [1.807, 2.05) is 0 Å². The molecule has 5 rings (SSSR count). The summed E-state index contributed by atoms with van der Waals surface area (Å²) >= 11 is 0. The molecule has 14 heteroatoms. The second-order valence-corrected chi connectivity index (χ2v) is 14.1. The van der Waals surface area contributed by atoms with Crippen LogP contribution in [-0.4, -0.2) is 68.4 Å². The van der Waals surface area contributed by atoms with Crippen molar-refractivity contribution in [1.82, 2.24) is 4.58 Å². The number of nitrogens with zero attached hydrogens (tertiary/aromatic N) is 6. The normalized spacial score (nSPS) is 11.8. The van der Waals surface area contributed by atoms with Gasteiger partial charge in [-0.05, 0) is 128 Å². The molecule has 0 heterocycles. The number of hydrogen-bond acceptors (Lipinski definition) is 10. The summed E-state index contributed by atoms with van der Waals surface area (Å²) in [4.78, 5) is 9.53. The SMILES string of the molecule is CCN(CC)c1ccc(N(c2ccc(N(CC)CC)cc2)c2ccc([N+](=C3C=CC(=[N+](CC)CC)C=C3)c3ccc(N(CC)CC)cc3)cc2)cc1.[O-][Cl+2]([O-])[O-].[O-][Cl+2]([O-])[O-]. The summed E-state index contributed by atoms with van der Waals surface area (Å²) < 4.78 is 55.2. The predicted octanol–water partition coefficient (Wildman–Crippen LogP) is 3.46. The van der Waals surface area contributed by atoms with Gasteiger partial charge >= 0.3 is 0 Å². The predicted molar refractivity (Wildman–Crippen MR) is 229 cm³/mol. The zero-order valence-corrected chi connectivity index (χ0v) is 37.6. The fraction of sp³-hybridized carbons (Fsp3) is 0.348. The molecule has 0 radical (unpaired) electrons. The number of rotatable bonds is 16. The minimum Gasteiger partial charge on any atom is -0.372 e. The Labute approximate surface area is 363 Å². The highest BCUT2D eigenvalue weighted by atomic mass is 35.6. The standard InChI is InChI=1S/C46H60N6.2ClO3/c1-9-47(10-2)37-17-25-41(26-18-37)51(42-27-19-38(20-28-42)48(11-3)12-4)45-33-35-46(36-34-45)52(43-29-21-39(22-30-43)49(13-5)14-6)44-31-23-40(24-32-44)50(15-7)16-8;2*2-1(3)4/h17-36H,9-16H2,1-8H3;;/q+2;2*-1. The molecular formula is C46H60Cl2N6O6. The Morgan fingerprint density at radius 1 is 0.367 bits per heavy atom. The summed E-state index contributed by atoms with van der Waals surface area (Å²) in [6.45, 7) is 25.6. The van der Waals surface area contributed by atoms with Crippen molar-refractivity contribution in [3.63, 3.8) is 0 Å². The maximum atomic E-state index is 8.41. The zero-order chi connectivity index (χ0) is 44.2. The van der Waals surface area contributed by atoms with E-state index < -0.39 is 21.6 Å². The quantitative estimate of drug-likeness (QED) is 0.121. The Bertz CT molecular complexity index is 1880. The summed E-state index contributed by atoms with van der Waals surface area (Å²) in [5, 5.41) is 0. The molecule has 324 valence electrons. The molecule has 0 unspecified atom stereocenters. The average Bonchev–Trinajstić information content (AvgIpc) is 3.25. The van der Waals surface area contributed by atoms with E-state index >= 15 is 0 Å². The van der Waals surface area contributed by atoms with Gasteiger partial charge < -0.3 is 47.6 Å². The molecular weight excluding hydrogens is 803 g/mol. The van der Waals surface area contributed by atoms with Gasteiger partial charge in [-0.1, -0.05) is 0 Å². The molecule has 1 aliphatic carbocycles. The molecule has 0 spiro atoms. The molecule has 4 aromatic carbocycles. The average molecular weight is 864 g/mol. The summed E-state index contributed by atoms with van der Waals surface area (Å²) in [6, 6.07) is 36.0. The molecule has 0 aliphatic heterocycles. The van der Waals surface area contributed by atoms with E-state index in [1.54, 1.807) is 0 Å². The molecule has 12 nitrogen and oxygen atoms in total. The summed E-state index contributed by atoms with van der Waals surface area (Å²) in [5.74, 6) is 0. The van der Waals surface area contributed by atoms with Gasteiger partial charge in [-0.3, -0.25) is 0 Å². The first-order valence-corrected chi connectivity index (χ1v) is 22.3. The Kier molecular flexibility index (Phi) is 21.3. The van der Waals surface area contributed by atoms with Gasteiger partial charge in [-0.2, -0.15) is 4.58 Å². The van der Waals surface area contributed by atoms with E-state index in [2.05, 4.69) is 206 Å². The van der Waals surface area contributed by atoms with Gasteiger partial charge in [-0.25, -0.2) is 4.58 Å². The molecule has 60 heavy (non-hydrogen) atoms. The third-order valence-electron chi connectivity index (χ3n) is 10.3. The van der Waals surface area contributed by atoms with Gasteiger partial charge in [0.15, 0.2) is 5.71 Å². The number of anilines is 6. The van der Waals surface area contributed by atoms with E-state index in [0.29, 0.717) is 0 Å². The largest absolute Gasteiger partial charge is 0.372 e. The summed E-state index contributed by atoms with van der Waals surface area (Å²) in [6.07, 6.45) is 9.00. The van der Waals surface area contributed by atoms with Crippen molar-refractivity contribution in [3.8, 4) is 0 Å². The van der Waals surface area contributed by atoms with Crippen LogP contribution in [0.25, 0.3) is 0 Å². The summed E-state index contributed by atoms with van der Waals surface area (Å²) in [7, 11) is -5.70. The van der Waals surface area contributed by atoms with Crippen molar-refractivity contribution >= 4 is 56.9 Å². The second-order valence-electron chi connectivity index (χ2n) is 13.3. The monoisotopic (exact) mass is 862 g/mol. The molecule has 0 bridgehead atoms. The van der Waals surface area contributed by atoms with Crippen molar-refractivity contribution in [1.29, 1.82) is 0 Å². The van der Waals surface area contributed by atoms with Gasteiger partial charge in [0.25, 0.3) is 0 Å². The lowest BCUT2D eigenvalue weighted by atomic mass is 10.1. The molecule has 0 amide bonds. The number of hydrogen-bond donors (Lipinski definition) is 0. The van der Waals surface area contributed by atoms with E-state index in [0.717, 1.165) is 86.5 Å². The first-order valence-electron chi connectivity index (χ1n) is 20.5. The Balaban J connectivity index is 0.00000110. The van der Waals surface area contributed by atoms with Crippen LogP contribution in [-0.2, 0) is 0 Å². The highest BCUT2D eigenvalue weighted by molar-refractivity contribution is 6.18. The van der Waals surface area contributed by atoms with E-state index in [4.69, 9.17) is 28.0 Å². The highest BCUT2D eigenvalue weighted by Gasteiger charge is 2.23. The lowest BCUT2D eigenvalue weighted by Gasteiger charge is -2.28. The molecule has 0 saturated carbocycles.